The molecule has 0 aliphatic heterocycles. The van der Waals surface area contributed by atoms with Crippen LogP contribution in [-0.2, 0) is 10.0 Å². The summed E-state index contributed by atoms with van der Waals surface area (Å²) in [5, 5.41) is 7.25. The molecule has 3 N–H and O–H groups in total. The van der Waals surface area contributed by atoms with Crippen LogP contribution in [0.5, 0.6) is 0 Å². The number of nitrogens with one attached hydrogen (secondary N) is 1. The lowest BCUT2D eigenvalue weighted by Crippen LogP contribution is -2.33. The van der Waals surface area contributed by atoms with Crippen molar-refractivity contribution < 1.29 is 17.6 Å². The van der Waals surface area contributed by atoms with Gasteiger partial charge in [0.2, 0.25) is 10.0 Å². The molecule has 1 aliphatic rings. The Morgan fingerprint density at radius 3 is 2.50 bits per heavy atom. The summed E-state index contributed by atoms with van der Waals surface area (Å²) in [7, 11) is -4.10. The van der Waals surface area contributed by atoms with Crippen LogP contribution in [0.1, 0.15) is 36.0 Å². The van der Waals surface area contributed by atoms with Crippen LogP contribution in [0.15, 0.2) is 17.0 Å². The molecule has 0 unspecified atom stereocenters. The maximum atomic E-state index is 13.6. The number of amides is 1. The molecule has 0 heterocycles. The number of benzene rings is 1. The first kappa shape index (κ1) is 15.2. The number of primary sulfonamides is 1. The smallest absolute Gasteiger partial charge is 0.253 e. The second-order valence-electron chi connectivity index (χ2n) is 4.77. The maximum Gasteiger partial charge on any atom is 0.253 e. The number of halogens is 2. The molecule has 1 fully saturated rings. The second kappa shape index (κ2) is 5.67. The molecule has 0 saturated heterocycles. The maximum absolute atomic E-state index is 13.6. The SMILES string of the molecule is NS(=O)(=O)c1cc(F)c(Cl)c(C(=O)NC2CCCC2)c1. The average Bonchev–Trinajstić information content (AvgIpc) is 2.83. The van der Waals surface area contributed by atoms with Crippen LogP contribution in [-0.4, -0.2) is 20.4 Å². The molecule has 1 aromatic carbocycles. The first-order valence-electron chi connectivity index (χ1n) is 6.12. The minimum absolute atomic E-state index is 0.0137. The van der Waals surface area contributed by atoms with Crippen LogP contribution in [0.3, 0.4) is 0 Å². The van der Waals surface area contributed by atoms with Gasteiger partial charge in [0.05, 0.1) is 15.5 Å². The number of carbonyl (C=O) groups is 1. The van der Waals surface area contributed by atoms with E-state index in [0.717, 1.165) is 31.7 Å². The van der Waals surface area contributed by atoms with Gasteiger partial charge in [-0.15, -0.1) is 0 Å². The fraction of sp³-hybridized carbons (Fsp3) is 0.417. The summed E-state index contributed by atoms with van der Waals surface area (Å²) in [6, 6.07) is 1.70. The Kier molecular flexibility index (Phi) is 4.31. The minimum Gasteiger partial charge on any atom is -0.349 e. The number of hydrogen-bond acceptors (Lipinski definition) is 3. The van der Waals surface area contributed by atoms with E-state index in [-0.39, 0.29) is 11.6 Å². The molecule has 1 amide bonds. The van der Waals surface area contributed by atoms with Crippen molar-refractivity contribution >= 4 is 27.5 Å². The third kappa shape index (κ3) is 3.28. The summed E-state index contributed by atoms with van der Waals surface area (Å²) in [4.78, 5) is 11.6. The number of rotatable bonds is 3. The van der Waals surface area contributed by atoms with Gasteiger partial charge in [-0.3, -0.25) is 4.79 Å². The molecular formula is C12H14ClFN2O3S. The fourth-order valence-electron chi connectivity index (χ4n) is 2.23. The van der Waals surface area contributed by atoms with E-state index in [1.54, 1.807) is 0 Å². The highest BCUT2D eigenvalue weighted by atomic mass is 35.5. The summed E-state index contributed by atoms with van der Waals surface area (Å²) in [5.41, 5.74) is -0.220. The highest BCUT2D eigenvalue weighted by molar-refractivity contribution is 7.89. The summed E-state index contributed by atoms with van der Waals surface area (Å²) in [6.07, 6.45) is 3.73. The van der Waals surface area contributed by atoms with Crippen molar-refractivity contribution in [3.8, 4) is 0 Å². The summed E-state index contributed by atoms with van der Waals surface area (Å²) in [5.74, 6) is -1.58. The highest BCUT2D eigenvalue weighted by Crippen LogP contribution is 2.25. The van der Waals surface area contributed by atoms with E-state index in [2.05, 4.69) is 5.32 Å². The number of nitrogens with two attached hydrogens (primary N) is 1. The first-order valence-corrected chi connectivity index (χ1v) is 8.04. The average molecular weight is 321 g/mol. The third-order valence-electron chi connectivity index (χ3n) is 3.27. The van der Waals surface area contributed by atoms with Gasteiger partial charge in [-0.05, 0) is 25.0 Å². The van der Waals surface area contributed by atoms with E-state index in [4.69, 9.17) is 16.7 Å². The minimum atomic E-state index is -4.10. The van der Waals surface area contributed by atoms with Crippen molar-refractivity contribution in [1.82, 2.24) is 5.32 Å². The van der Waals surface area contributed by atoms with Crippen molar-refractivity contribution in [2.24, 2.45) is 5.14 Å². The highest BCUT2D eigenvalue weighted by Gasteiger charge is 2.23. The van der Waals surface area contributed by atoms with Gasteiger partial charge in [0, 0.05) is 6.04 Å². The van der Waals surface area contributed by atoms with Gasteiger partial charge in [0.25, 0.3) is 5.91 Å². The molecule has 5 nitrogen and oxygen atoms in total. The van der Waals surface area contributed by atoms with E-state index in [0.29, 0.717) is 6.07 Å². The molecule has 8 heteroatoms. The van der Waals surface area contributed by atoms with E-state index < -0.39 is 31.7 Å². The van der Waals surface area contributed by atoms with E-state index in [1.807, 2.05) is 0 Å². The Labute approximate surface area is 121 Å². The van der Waals surface area contributed by atoms with Crippen molar-refractivity contribution in [2.45, 2.75) is 36.6 Å². The molecule has 20 heavy (non-hydrogen) atoms. The quantitative estimate of drug-likeness (QED) is 0.890. The molecular weight excluding hydrogens is 307 g/mol. The Hall–Kier alpha value is -1.18. The van der Waals surface area contributed by atoms with Gasteiger partial charge < -0.3 is 5.32 Å². The standard InChI is InChI=1S/C12H14ClFN2O3S/c13-11-9(12(17)16-7-3-1-2-4-7)5-8(6-10(11)14)20(15,18)19/h5-7H,1-4H2,(H,16,17)(H2,15,18,19). The van der Waals surface area contributed by atoms with Crippen molar-refractivity contribution in [1.29, 1.82) is 0 Å². The van der Waals surface area contributed by atoms with Gasteiger partial charge in [-0.25, -0.2) is 17.9 Å². The monoisotopic (exact) mass is 320 g/mol. The summed E-state index contributed by atoms with van der Waals surface area (Å²) >= 11 is 5.72. The normalized spacial score (nSPS) is 16.4. The molecule has 0 radical (unpaired) electrons. The molecule has 0 aromatic heterocycles. The van der Waals surface area contributed by atoms with Crippen LogP contribution >= 0.6 is 11.6 Å². The van der Waals surface area contributed by atoms with Crippen LogP contribution in [0.4, 0.5) is 4.39 Å². The molecule has 110 valence electrons. The lowest BCUT2D eigenvalue weighted by molar-refractivity contribution is 0.0937. The van der Waals surface area contributed by atoms with E-state index >= 15 is 0 Å². The first-order chi connectivity index (χ1) is 9.29. The summed E-state index contributed by atoms with van der Waals surface area (Å²) in [6.45, 7) is 0. The van der Waals surface area contributed by atoms with E-state index in [1.165, 1.54) is 0 Å². The lowest BCUT2D eigenvalue weighted by Gasteiger charge is -2.13. The largest absolute Gasteiger partial charge is 0.349 e. The van der Waals surface area contributed by atoms with Crippen molar-refractivity contribution in [2.75, 3.05) is 0 Å². The predicted molar refractivity (Wildman–Crippen MR) is 72.5 cm³/mol. The Morgan fingerprint density at radius 2 is 1.95 bits per heavy atom. The van der Waals surface area contributed by atoms with Crippen LogP contribution in [0.2, 0.25) is 5.02 Å². The van der Waals surface area contributed by atoms with Crippen molar-refractivity contribution in [3.63, 3.8) is 0 Å². The van der Waals surface area contributed by atoms with E-state index in [9.17, 15) is 17.6 Å². The lowest BCUT2D eigenvalue weighted by atomic mass is 10.1. The van der Waals surface area contributed by atoms with Gasteiger partial charge in [0.1, 0.15) is 5.82 Å². The second-order valence-corrected chi connectivity index (χ2v) is 6.71. The third-order valence-corrected chi connectivity index (χ3v) is 4.54. The van der Waals surface area contributed by atoms with Crippen LogP contribution in [0.25, 0.3) is 0 Å². The Bertz CT molecular complexity index is 642. The molecule has 1 aromatic rings. The van der Waals surface area contributed by atoms with Crippen LogP contribution in [0, 0.1) is 5.82 Å². The zero-order valence-electron chi connectivity index (χ0n) is 10.5. The Morgan fingerprint density at radius 1 is 1.35 bits per heavy atom. The van der Waals surface area contributed by atoms with Crippen LogP contribution < -0.4 is 10.5 Å². The topological polar surface area (TPSA) is 89.3 Å². The van der Waals surface area contributed by atoms with Gasteiger partial charge in [0.15, 0.2) is 0 Å². The van der Waals surface area contributed by atoms with Gasteiger partial charge >= 0.3 is 0 Å². The Balaban J connectivity index is 2.34. The molecule has 0 spiro atoms. The number of hydrogen-bond donors (Lipinski definition) is 2. The zero-order chi connectivity index (χ0) is 14.9. The molecule has 0 bridgehead atoms. The fourth-order valence-corrected chi connectivity index (χ4v) is 2.97. The molecule has 1 saturated carbocycles. The zero-order valence-corrected chi connectivity index (χ0v) is 12.1. The molecule has 1 aliphatic carbocycles. The van der Waals surface area contributed by atoms with Crippen molar-refractivity contribution in [3.05, 3.63) is 28.5 Å². The van der Waals surface area contributed by atoms with Gasteiger partial charge in [-0.1, -0.05) is 24.4 Å². The number of sulfonamides is 1. The summed E-state index contributed by atoms with van der Waals surface area (Å²) < 4.78 is 36.1. The molecule has 2 rings (SSSR count). The van der Waals surface area contributed by atoms with Gasteiger partial charge in [-0.2, -0.15) is 0 Å². The predicted octanol–water partition coefficient (Wildman–Crippen LogP) is 1.80. The molecule has 0 atom stereocenters. The number of carbonyl (C=O) groups excluding carboxylic acids is 1.